The van der Waals surface area contributed by atoms with Crippen LogP contribution in [0.25, 0.3) is 0 Å². The second kappa shape index (κ2) is 7.50. The average molecular weight is 264 g/mol. The zero-order valence-electron chi connectivity index (χ0n) is 11.0. The number of benzene rings is 1. The van der Waals surface area contributed by atoms with Gasteiger partial charge < -0.3 is 26.3 Å². The van der Waals surface area contributed by atoms with Gasteiger partial charge in [0.25, 0.3) is 0 Å². The molecule has 0 radical (unpaired) electrons. The van der Waals surface area contributed by atoms with Crippen molar-refractivity contribution in [2.75, 3.05) is 25.1 Å². The maximum atomic E-state index is 9.17. The standard InChI is InChI=1S/C13H20N4O2/c1-17(5-4-11(15)8-19)13-6-10(7-18)2-3-12(13)16-9-14/h2-3,6,9,15,18-19H,4-5,7-8H2,1H3,(H2,14,16). The van der Waals surface area contributed by atoms with E-state index in [-0.39, 0.29) is 18.9 Å². The fourth-order valence-electron chi connectivity index (χ4n) is 1.66. The second-order valence-corrected chi connectivity index (χ2v) is 4.19. The molecule has 0 aliphatic carbocycles. The summed E-state index contributed by atoms with van der Waals surface area (Å²) in [5, 5.41) is 25.4. The van der Waals surface area contributed by atoms with Gasteiger partial charge in [0.05, 0.1) is 30.9 Å². The van der Waals surface area contributed by atoms with Crippen LogP contribution in [0.15, 0.2) is 23.2 Å². The minimum absolute atomic E-state index is 0.0417. The highest BCUT2D eigenvalue weighted by atomic mass is 16.3. The molecule has 0 fully saturated rings. The van der Waals surface area contributed by atoms with Gasteiger partial charge in [-0.15, -0.1) is 0 Å². The van der Waals surface area contributed by atoms with Crippen LogP contribution in [0.2, 0.25) is 0 Å². The van der Waals surface area contributed by atoms with Gasteiger partial charge in [0, 0.05) is 25.7 Å². The summed E-state index contributed by atoms with van der Waals surface area (Å²) < 4.78 is 0. The number of aliphatic hydroxyl groups excluding tert-OH is 2. The van der Waals surface area contributed by atoms with Crippen molar-refractivity contribution in [2.24, 2.45) is 10.7 Å². The molecule has 0 bridgehead atoms. The first kappa shape index (κ1) is 15.1. The highest BCUT2D eigenvalue weighted by Gasteiger charge is 2.09. The minimum atomic E-state index is -0.224. The molecule has 1 rings (SSSR count). The highest BCUT2D eigenvalue weighted by Crippen LogP contribution is 2.29. The predicted molar refractivity (Wildman–Crippen MR) is 77.4 cm³/mol. The van der Waals surface area contributed by atoms with Crippen molar-refractivity contribution < 1.29 is 10.2 Å². The molecule has 0 atom stereocenters. The second-order valence-electron chi connectivity index (χ2n) is 4.19. The Morgan fingerprint density at radius 1 is 1.47 bits per heavy atom. The fraction of sp³-hybridized carbons (Fsp3) is 0.385. The van der Waals surface area contributed by atoms with Crippen LogP contribution in [-0.2, 0) is 6.61 Å². The molecule has 1 aromatic rings. The normalized spacial score (nSPS) is 10.9. The molecule has 0 heterocycles. The van der Waals surface area contributed by atoms with Gasteiger partial charge in [-0.25, -0.2) is 4.99 Å². The van der Waals surface area contributed by atoms with Crippen LogP contribution in [0, 0.1) is 5.41 Å². The van der Waals surface area contributed by atoms with Crippen LogP contribution in [0.1, 0.15) is 12.0 Å². The quantitative estimate of drug-likeness (QED) is 0.428. The summed E-state index contributed by atoms with van der Waals surface area (Å²) in [6.07, 6.45) is 1.70. The van der Waals surface area contributed by atoms with E-state index in [0.717, 1.165) is 11.3 Å². The van der Waals surface area contributed by atoms with E-state index in [1.165, 1.54) is 6.34 Å². The van der Waals surface area contributed by atoms with E-state index in [1.807, 2.05) is 18.0 Å². The first-order chi connectivity index (χ1) is 9.12. The summed E-state index contributed by atoms with van der Waals surface area (Å²) in [6, 6.07) is 5.42. The number of anilines is 1. The SMILES string of the molecule is CN(CCC(=N)CO)c1cc(CO)ccc1N=CN. The fourth-order valence-corrected chi connectivity index (χ4v) is 1.66. The molecule has 0 saturated heterocycles. The lowest BCUT2D eigenvalue weighted by atomic mass is 10.1. The maximum absolute atomic E-state index is 9.17. The summed E-state index contributed by atoms with van der Waals surface area (Å²) in [5.74, 6) is 0. The molecule has 0 unspecified atom stereocenters. The Morgan fingerprint density at radius 2 is 2.21 bits per heavy atom. The number of aliphatic hydroxyl groups is 2. The zero-order valence-corrected chi connectivity index (χ0v) is 11.0. The molecule has 0 saturated carbocycles. The third-order valence-corrected chi connectivity index (χ3v) is 2.79. The third kappa shape index (κ3) is 4.35. The molecule has 0 aliphatic rings. The lowest BCUT2D eigenvalue weighted by molar-refractivity contribution is 0.282. The summed E-state index contributed by atoms with van der Waals surface area (Å²) in [5.41, 5.74) is 7.93. The van der Waals surface area contributed by atoms with E-state index in [2.05, 4.69) is 4.99 Å². The first-order valence-electron chi connectivity index (χ1n) is 5.98. The van der Waals surface area contributed by atoms with Gasteiger partial charge in [-0.3, -0.25) is 0 Å². The van der Waals surface area contributed by atoms with Crippen LogP contribution in [0.5, 0.6) is 0 Å². The van der Waals surface area contributed by atoms with Gasteiger partial charge in [-0.2, -0.15) is 0 Å². The lowest BCUT2D eigenvalue weighted by Gasteiger charge is -2.21. The molecule has 19 heavy (non-hydrogen) atoms. The molecular formula is C13H20N4O2. The van der Waals surface area contributed by atoms with Crippen molar-refractivity contribution >= 4 is 23.4 Å². The first-order valence-corrected chi connectivity index (χ1v) is 5.98. The maximum Gasteiger partial charge on any atom is 0.0880 e. The van der Waals surface area contributed by atoms with Gasteiger partial charge in [0.15, 0.2) is 0 Å². The van der Waals surface area contributed by atoms with Crippen LogP contribution < -0.4 is 10.6 Å². The Morgan fingerprint density at radius 3 is 2.79 bits per heavy atom. The van der Waals surface area contributed by atoms with Crippen molar-refractivity contribution in [3.05, 3.63) is 23.8 Å². The predicted octanol–water partition coefficient (Wildman–Crippen LogP) is 0.636. The number of rotatable bonds is 7. The molecule has 0 aromatic heterocycles. The molecule has 5 N–H and O–H groups in total. The Bertz CT molecular complexity index is 460. The molecular weight excluding hydrogens is 244 g/mol. The number of hydrogen-bond donors (Lipinski definition) is 4. The highest BCUT2D eigenvalue weighted by molar-refractivity contribution is 5.83. The van der Waals surface area contributed by atoms with Crippen LogP contribution in [0.3, 0.4) is 0 Å². The Kier molecular flexibility index (Phi) is 5.98. The van der Waals surface area contributed by atoms with Crippen LogP contribution in [-0.4, -0.2) is 42.5 Å². The smallest absolute Gasteiger partial charge is 0.0880 e. The average Bonchev–Trinajstić information content (AvgIpc) is 2.45. The van der Waals surface area contributed by atoms with Crippen molar-refractivity contribution in [1.82, 2.24) is 0 Å². The number of nitrogens with two attached hydrogens (primary N) is 1. The molecule has 6 nitrogen and oxygen atoms in total. The van der Waals surface area contributed by atoms with Crippen molar-refractivity contribution in [3.8, 4) is 0 Å². The molecule has 6 heteroatoms. The minimum Gasteiger partial charge on any atom is -0.392 e. The van der Waals surface area contributed by atoms with Gasteiger partial charge in [-0.05, 0) is 17.7 Å². The summed E-state index contributed by atoms with van der Waals surface area (Å²) >= 11 is 0. The van der Waals surface area contributed by atoms with Crippen LogP contribution in [0.4, 0.5) is 11.4 Å². The van der Waals surface area contributed by atoms with E-state index in [1.54, 1.807) is 12.1 Å². The third-order valence-electron chi connectivity index (χ3n) is 2.79. The van der Waals surface area contributed by atoms with Gasteiger partial charge in [0.2, 0.25) is 0 Å². The van der Waals surface area contributed by atoms with E-state index < -0.39 is 0 Å². The number of hydrogen-bond acceptors (Lipinski definition) is 5. The number of nitrogens with zero attached hydrogens (tertiary/aromatic N) is 2. The topological polar surface area (TPSA) is 106 Å². The molecule has 0 spiro atoms. The van der Waals surface area contributed by atoms with Crippen molar-refractivity contribution in [3.63, 3.8) is 0 Å². The lowest BCUT2D eigenvalue weighted by Crippen LogP contribution is -2.22. The number of aliphatic imine (C=N–C) groups is 1. The largest absolute Gasteiger partial charge is 0.392 e. The summed E-state index contributed by atoms with van der Waals surface area (Å²) in [7, 11) is 1.87. The van der Waals surface area contributed by atoms with E-state index in [9.17, 15) is 5.11 Å². The van der Waals surface area contributed by atoms with Gasteiger partial charge in [-0.1, -0.05) is 6.07 Å². The zero-order chi connectivity index (χ0) is 14.3. The Labute approximate surface area is 112 Å². The van der Waals surface area contributed by atoms with Gasteiger partial charge >= 0.3 is 0 Å². The molecule has 104 valence electrons. The van der Waals surface area contributed by atoms with E-state index >= 15 is 0 Å². The van der Waals surface area contributed by atoms with Crippen molar-refractivity contribution in [1.29, 1.82) is 5.41 Å². The summed E-state index contributed by atoms with van der Waals surface area (Å²) in [4.78, 5) is 6.00. The molecule has 0 aliphatic heterocycles. The van der Waals surface area contributed by atoms with Crippen LogP contribution >= 0.6 is 0 Å². The Balaban J connectivity index is 2.91. The van der Waals surface area contributed by atoms with E-state index in [4.69, 9.17) is 16.2 Å². The Hall–Kier alpha value is -1.92. The summed E-state index contributed by atoms with van der Waals surface area (Å²) in [6.45, 7) is 0.319. The molecule has 1 aromatic carbocycles. The van der Waals surface area contributed by atoms with Crippen molar-refractivity contribution in [2.45, 2.75) is 13.0 Å². The molecule has 0 amide bonds. The van der Waals surface area contributed by atoms with Gasteiger partial charge in [0.1, 0.15) is 0 Å². The van der Waals surface area contributed by atoms with E-state index in [0.29, 0.717) is 18.7 Å². The number of nitrogens with one attached hydrogen (secondary N) is 1. The monoisotopic (exact) mass is 264 g/mol.